The molecule has 1 fully saturated rings. The molecule has 5 aromatic rings. The molecule has 1 aliphatic heterocycles. The molecule has 44 heavy (non-hydrogen) atoms. The summed E-state index contributed by atoms with van der Waals surface area (Å²) in [5.74, 6) is 1.50. The van der Waals surface area contributed by atoms with Crippen LogP contribution >= 0.6 is 0 Å². The van der Waals surface area contributed by atoms with E-state index in [1.165, 1.54) is 4.90 Å². The van der Waals surface area contributed by atoms with Crippen LogP contribution in [0, 0.1) is 6.92 Å². The van der Waals surface area contributed by atoms with Crippen LogP contribution in [0.1, 0.15) is 30.1 Å². The molecule has 224 valence electrons. The zero-order chi connectivity index (χ0) is 30.5. The van der Waals surface area contributed by atoms with Crippen molar-refractivity contribution in [3.63, 3.8) is 0 Å². The number of hydrogen-bond donors (Lipinski definition) is 4. The first kappa shape index (κ1) is 28.9. The second kappa shape index (κ2) is 13.0. The maximum Gasteiger partial charge on any atom is 0.407 e. The van der Waals surface area contributed by atoms with Crippen LogP contribution in [0.15, 0.2) is 91.3 Å². The minimum atomic E-state index is -0.917. The number of carbonyl (C=O) groups is 1. The van der Waals surface area contributed by atoms with Crippen molar-refractivity contribution in [3.8, 4) is 22.9 Å². The number of nitrogens with one attached hydrogen (secondary N) is 2. The standard InChI is InChI=1S/C34H34N6O4/c1-22-14-15-25-26(11-5-13-28(25)37-20-30(41)23-8-3-2-4-9-23)31(22)44-32-27(12-6-17-35-32)29-16-18-36-33(39-29)38-24-10-7-19-40(21-24)34(42)43/h2-6,8-9,11-18,24,30,37,41H,7,10,19-21H2,1H3,(H,42,43)(H,36,38,39). The van der Waals surface area contributed by atoms with E-state index in [1.807, 2.05) is 79.7 Å². The molecule has 0 bridgehead atoms. The molecule has 10 nitrogen and oxygen atoms in total. The number of piperidine rings is 1. The zero-order valence-electron chi connectivity index (χ0n) is 24.4. The van der Waals surface area contributed by atoms with E-state index in [9.17, 15) is 15.0 Å². The summed E-state index contributed by atoms with van der Waals surface area (Å²) in [7, 11) is 0. The summed E-state index contributed by atoms with van der Waals surface area (Å²) < 4.78 is 6.55. The van der Waals surface area contributed by atoms with Crippen molar-refractivity contribution in [2.45, 2.75) is 31.9 Å². The fraction of sp³-hybridized carbons (Fsp3) is 0.235. The maximum atomic E-state index is 11.4. The number of anilines is 2. The number of rotatable bonds is 9. The lowest BCUT2D eigenvalue weighted by molar-refractivity contribution is 0.132. The van der Waals surface area contributed by atoms with Crippen molar-refractivity contribution in [2.75, 3.05) is 30.3 Å². The van der Waals surface area contributed by atoms with Crippen molar-refractivity contribution in [3.05, 3.63) is 102 Å². The quantitative estimate of drug-likeness (QED) is 0.152. The lowest BCUT2D eigenvalue weighted by Crippen LogP contribution is -2.44. The highest BCUT2D eigenvalue weighted by molar-refractivity contribution is 5.98. The Morgan fingerprint density at radius 1 is 1.00 bits per heavy atom. The molecule has 0 aliphatic carbocycles. The lowest BCUT2D eigenvalue weighted by atomic mass is 10.0. The number of amides is 1. The van der Waals surface area contributed by atoms with E-state index in [0.717, 1.165) is 40.4 Å². The minimum Gasteiger partial charge on any atom is -0.465 e. The van der Waals surface area contributed by atoms with Gasteiger partial charge >= 0.3 is 6.09 Å². The monoisotopic (exact) mass is 590 g/mol. The van der Waals surface area contributed by atoms with E-state index in [4.69, 9.17) is 9.72 Å². The molecule has 1 aliphatic rings. The number of fused-ring (bicyclic) bond motifs is 1. The Morgan fingerprint density at radius 3 is 2.70 bits per heavy atom. The first-order valence-corrected chi connectivity index (χ1v) is 14.7. The Bertz CT molecular complexity index is 1770. The van der Waals surface area contributed by atoms with Crippen molar-refractivity contribution in [2.24, 2.45) is 0 Å². The van der Waals surface area contributed by atoms with Crippen LogP contribution in [-0.4, -0.2) is 61.8 Å². The highest BCUT2D eigenvalue weighted by atomic mass is 16.5. The first-order chi connectivity index (χ1) is 21.5. The SMILES string of the molecule is Cc1ccc2c(NCC(O)c3ccccc3)cccc2c1Oc1ncccc1-c1ccnc(NC2CCCN(C(=O)O)C2)n1. The molecule has 1 amide bonds. The fourth-order valence-electron chi connectivity index (χ4n) is 5.52. The normalized spacial score (nSPS) is 15.5. The van der Waals surface area contributed by atoms with E-state index in [0.29, 0.717) is 48.5 Å². The highest BCUT2D eigenvalue weighted by Gasteiger charge is 2.24. The van der Waals surface area contributed by atoms with Crippen LogP contribution in [0.2, 0.25) is 0 Å². The number of likely N-dealkylation sites (tertiary alicyclic amines) is 1. The van der Waals surface area contributed by atoms with Gasteiger partial charge in [-0.25, -0.2) is 19.7 Å². The summed E-state index contributed by atoms with van der Waals surface area (Å²) in [4.78, 5) is 26.5. The smallest absolute Gasteiger partial charge is 0.407 e. The average Bonchev–Trinajstić information content (AvgIpc) is 3.05. The summed E-state index contributed by atoms with van der Waals surface area (Å²) in [6.45, 7) is 3.27. The molecule has 3 aromatic carbocycles. The molecule has 0 saturated carbocycles. The molecule has 1 saturated heterocycles. The van der Waals surface area contributed by atoms with E-state index in [-0.39, 0.29) is 6.04 Å². The first-order valence-electron chi connectivity index (χ1n) is 14.7. The van der Waals surface area contributed by atoms with Crippen molar-refractivity contribution >= 4 is 28.5 Å². The summed E-state index contributed by atoms with van der Waals surface area (Å²) in [6, 6.07) is 25.1. The van der Waals surface area contributed by atoms with Gasteiger partial charge in [-0.3, -0.25) is 0 Å². The predicted octanol–water partition coefficient (Wildman–Crippen LogP) is 6.49. The number of benzene rings is 3. The topological polar surface area (TPSA) is 133 Å². The average molecular weight is 591 g/mol. The Hall–Kier alpha value is -5.22. The van der Waals surface area contributed by atoms with E-state index < -0.39 is 12.2 Å². The van der Waals surface area contributed by atoms with Gasteiger partial charge in [0.05, 0.1) is 17.4 Å². The van der Waals surface area contributed by atoms with Gasteiger partial charge in [0, 0.05) is 54.5 Å². The third-order valence-corrected chi connectivity index (χ3v) is 7.81. The molecule has 2 unspecified atom stereocenters. The van der Waals surface area contributed by atoms with Crippen molar-refractivity contribution in [1.29, 1.82) is 0 Å². The summed E-state index contributed by atoms with van der Waals surface area (Å²) >= 11 is 0. The van der Waals surface area contributed by atoms with Crippen LogP contribution < -0.4 is 15.4 Å². The molecule has 6 rings (SSSR count). The number of aromatic nitrogens is 3. The molecule has 3 heterocycles. The van der Waals surface area contributed by atoms with Gasteiger partial charge in [-0.15, -0.1) is 0 Å². The number of aliphatic hydroxyl groups is 1. The molecule has 2 aromatic heterocycles. The number of ether oxygens (including phenoxy) is 1. The van der Waals surface area contributed by atoms with Crippen LogP contribution in [0.3, 0.4) is 0 Å². The maximum absolute atomic E-state index is 11.4. The Labute approximate surface area is 255 Å². The van der Waals surface area contributed by atoms with E-state index in [1.54, 1.807) is 18.5 Å². The van der Waals surface area contributed by atoms with Gasteiger partial charge in [0.2, 0.25) is 11.8 Å². The van der Waals surface area contributed by atoms with Crippen LogP contribution in [-0.2, 0) is 0 Å². The van der Waals surface area contributed by atoms with Gasteiger partial charge in [-0.2, -0.15) is 0 Å². The Kier molecular flexibility index (Phi) is 8.51. The van der Waals surface area contributed by atoms with E-state index in [2.05, 4.69) is 20.6 Å². The van der Waals surface area contributed by atoms with Crippen molar-refractivity contribution in [1.82, 2.24) is 19.9 Å². The predicted molar refractivity (Wildman–Crippen MR) is 170 cm³/mol. The second-order valence-electron chi connectivity index (χ2n) is 10.9. The third kappa shape index (κ3) is 6.40. The Balaban J connectivity index is 1.25. The Morgan fingerprint density at radius 2 is 1.86 bits per heavy atom. The lowest BCUT2D eigenvalue weighted by Gasteiger charge is -2.31. The summed E-state index contributed by atoms with van der Waals surface area (Å²) in [5, 5.41) is 28.7. The highest BCUT2D eigenvalue weighted by Crippen LogP contribution is 2.38. The molecular formula is C34H34N6O4. The molecular weight excluding hydrogens is 556 g/mol. The zero-order valence-corrected chi connectivity index (χ0v) is 24.4. The van der Waals surface area contributed by atoms with Gasteiger partial charge in [-0.1, -0.05) is 54.6 Å². The van der Waals surface area contributed by atoms with Gasteiger partial charge in [0.25, 0.3) is 0 Å². The summed E-state index contributed by atoms with van der Waals surface area (Å²) in [5.41, 5.74) is 4.02. The van der Waals surface area contributed by atoms with Crippen LogP contribution in [0.25, 0.3) is 22.0 Å². The van der Waals surface area contributed by atoms with Gasteiger partial charge < -0.3 is 30.5 Å². The molecule has 4 N–H and O–H groups in total. The third-order valence-electron chi connectivity index (χ3n) is 7.81. The summed E-state index contributed by atoms with van der Waals surface area (Å²) in [6.07, 6.45) is 3.40. The van der Waals surface area contributed by atoms with Crippen molar-refractivity contribution < 1.29 is 19.7 Å². The largest absolute Gasteiger partial charge is 0.465 e. The van der Waals surface area contributed by atoms with E-state index >= 15 is 0 Å². The molecule has 0 radical (unpaired) electrons. The fourth-order valence-corrected chi connectivity index (χ4v) is 5.52. The molecule has 2 atom stereocenters. The minimum absolute atomic E-state index is 0.0744. The number of carboxylic acid groups (broad SMARTS) is 1. The number of hydrogen-bond acceptors (Lipinski definition) is 8. The van der Waals surface area contributed by atoms with Gasteiger partial charge in [-0.05, 0) is 55.2 Å². The number of aliphatic hydroxyl groups excluding tert-OH is 1. The second-order valence-corrected chi connectivity index (χ2v) is 10.9. The number of pyridine rings is 1. The number of aryl methyl sites for hydroxylation is 1. The molecule has 10 heteroatoms. The van der Waals surface area contributed by atoms with Gasteiger partial charge in [0.15, 0.2) is 0 Å². The van der Waals surface area contributed by atoms with Crippen LogP contribution in [0.5, 0.6) is 11.6 Å². The van der Waals surface area contributed by atoms with Crippen LogP contribution in [0.4, 0.5) is 16.4 Å². The van der Waals surface area contributed by atoms with Gasteiger partial charge in [0.1, 0.15) is 5.75 Å². The number of nitrogens with zero attached hydrogens (tertiary/aromatic N) is 4. The molecule has 0 spiro atoms.